The van der Waals surface area contributed by atoms with Crippen molar-refractivity contribution in [2.75, 3.05) is 27.2 Å². The molecule has 1 aromatic rings. The van der Waals surface area contributed by atoms with Crippen molar-refractivity contribution < 1.29 is 9.59 Å². The van der Waals surface area contributed by atoms with E-state index in [1.807, 2.05) is 24.3 Å². The lowest BCUT2D eigenvalue weighted by Crippen LogP contribution is -2.59. The number of piperidine rings is 1. The molecule has 8 heteroatoms. The monoisotopic (exact) mass is 613 g/mol. The van der Waals surface area contributed by atoms with Crippen molar-refractivity contribution in [3.05, 3.63) is 34.9 Å². The summed E-state index contributed by atoms with van der Waals surface area (Å²) in [5.41, 5.74) is 1.13. The predicted octanol–water partition coefficient (Wildman–Crippen LogP) is 6.33. The van der Waals surface area contributed by atoms with E-state index in [-0.39, 0.29) is 24.0 Å². The Balaban J connectivity index is 1.26. The fourth-order valence-corrected chi connectivity index (χ4v) is 8.50. The maximum absolute atomic E-state index is 14.2. The van der Waals surface area contributed by atoms with Crippen LogP contribution in [0.3, 0.4) is 0 Å². The zero-order valence-corrected chi connectivity index (χ0v) is 27.9. The number of hydrogen-bond acceptors (Lipinski definition) is 4. The molecule has 3 amide bonds. The zero-order valence-electron chi connectivity index (χ0n) is 27.1. The lowest BCUT2D eigenvalue weighted by atomic mass is 9.89. The van der Waals surface area contributed by atoms with Crippen LogP contribution in [0.15, 0.2) is 24.3 Å². The highest BCUT2D eigenvalue weighted by atomic mass is 35.5. The number of nitrogens with zero attached hydrogens (tertiary/aromatic N) is 4. The minimum Gasteiger partial charge on any atom is -0.341 e. The number of benzene rings is 1. The number of amides is 3. The van der Waals surface area contributed by atoms with E-state index in [1.54, 1.807) is 0 Å². The fraction of sp³-hybridized carbons (Fsp3) is 0.771. The molecule has 1 N–H and O–H groups in total. The van der Waals surface area contributed by atoms with Crippen LogP contribution in [-0.2, 0) is 11.2 Å². The summed E-state index contributed by atoms with van der Waals surface area (Å²) >= 11 is 6.18. The SMILES string of the molecule is C[C@H]1CC[C@H](C)N1C(=O)N(C1CCCCC1)C1CCN(C(=O)[C@@H](Cc2ccc(Cl)cc2)NC2CCC(N(C)C)CC2)CC1. The molecule has 0 spiro atoms. The molecular formula is C35H56ClN5O2. The normalized spacial score (nSPS) is 28.3. The Bertz CT molecular complexity index is 1030. The number of rotatable bonds is 8. The van der Waals surface area contributed by atoms with Crippen molar-refractivity contribution in [3.63, 3.8) is 0 Å². The number of halogens is 1. The smallest absolute Gasteiger partial charge is 0.320 e. The van der Waals surface area contributed by atoms with Gasteiger partial charge in [0.25, 0.3) is 0 Å². The van der Waals surface area contributed by atoms with E-state index in [0.29, 0.717) is 36.6 Å². The highest BCUT2D eigenvalue weighted by molar-refractivity contribution is 6.30. The number of likely N-dealkylation sites (tertiary alicyclic amines) is 2. The number of nitrogens with one attached hydrogen (secondary N) is 1. The average molecular weight is 614 g/mol. The molecule has 3 atom stereocenters. The third kappa shape index (κ3) is 8.07. The second kappa shape index (κ2) is 15.0. The molecule has 2 saturated heterocycles. The van der Waals surface area contributed by atoms with Gasteiger partial charge in [-0.1, -0.05) is 43.0 Å². The van der Waals surface area contributed by atoms with Gasteiger partial charge < -0.3 is 24.9 Å². The highest BCUT2D eigenvalue weighted by Gasteiger charge is 2.41. The van der Waals surface area contributed by atoms with E-state index in [2.05, 4.69) is 52.9 Å². The molecule has 5 rings (SSSR count). The van der Waals surface area contributed by atoms with Gasteiger partial charge in [0.1, 0.15) is 0 Å². The van der Waals surface area contributed by atoms with Gasteiger partial charge in [-0.15, -0.1) is 0 Å². The maximum Gasteiger partial charge on any atom is 0.320 e. The Labute approximate surface area is 265 Å². The van der Waals surface area contributed by atoms with Gasteiger partial charge in [-0.05, 0) is 116 Å². The summed E-state index contributed by atoms with van der Waals surface area (Å²) in [7, 11) is 4.34. The van der Waals surface area contributed by atoms with Crippen molar-refractivity contribution in [1.82, 2.24) is 24.9 Å². The van der Waals surface area contributed by atoms with Crippen LogP contribution in [0.25, 0.3) is 0 Å². The van der Waals surface area contributed by atoms with E-state index >= 15 is 0 Å². The molecule has 4 fully saturated rings. The summed E-state index contributed by atoms with van der Waals surface area (Å²) in [4.78, 5) is 37.2. The first-order chi connectivity index (χ1) is 20.7. The molecule has 4 aliphatic rings. The Morgan fingerprint density at radius 3 is 1.98 bits per heavy atom. The van der Waals surface area contributed by atoms with Gasteiger partial charge in [0, 0.05) is 54.4 Å². The minimum atomic E-state index is -0.249. The van der Waals surface area contributed by atoms with Gasteiger partial charge in [-0.3, -0.25) is 4.79 Å². The lowest BCUT2D eigenvalue weighted by Gasteiger charge is -2.46. The summed E-state index contributed by atoms with van der Waals surface area (Å²) in [6.45, 7) is 5.86. The van der Waals surface area contributed by atoms with Crippen LogP contribution in [0, 0.1) is 0 Å². The standard InChI is InChI=1S/C35H56ClN5O2/c1-25-10-11-26(2)40(25)35(43)41(31-8-6-5-7-9-31)32-20-22-39(23-21-32)34(42)33(24-27-12-14-28(36)15-13-27)37-29-16-18-30(19-17-29)38(3)4/h12-15,25-26,29-33,37H,5-11,16-24H2,1-4H3/t25-,26-,29?,30?,33+/m0/s1. The van der Waals surface area contributed by atoms with Gasteiger partial charge in [0.2, 0.25) is 5.91 Å². The number of carbonyl (C=O) groups is 2. The molecule has 2 aliphatic carbocycles. The first-order valence-corrected chi connectivity index (χ1v) is 17.7. The molecule has 43 heavy (non-hydrogen) atoms. The van der Waals surface area contributed by atoms with Crippen LogP contribution in [-0.4, -0.2) is 101 Å². The Hall–Kier alpha value is -1.83. The van der Waals surface area contributed by atoms with E-state index in [1.165, 1.54) is 19.3 Å². The van der Waals surface area contributed by atoms with Gasteiger partial charge in [0.15, 0.2) is 0 Å². The number of carbonyl (C=O) groups excluding carboxylic acids is 2. The van der Waals surface area contributed by atoms with Crippen LogP contribution < -0.4 is 5.32 Å². The molecule has 1 aromatic carbocycles. The van der Waals surface area contributed by atoms with E-state index in [0.717, 1.165) is 87.9 Å². The molecule has 0 bridgehead atoms. The summed E-state index contributed by atoms with van der Waals surface area (Å²) in [5.74, 6) is 0.209. The molecule has 7 nitrogen and oxygen atoms in total. The topological polar surface area (TPSA) is 59.1 Å². The van der Waals surface area contributed by atoms with Crippen molar-refractivity contribution in [2.24, 2.45) is 0 Å². The van der Waals surface area contributed by atoms with Gasteiger partial charge in [0.05, 0.1) is 6.04 Å². The van der Waals surface area contributed by atoms with E-state index in [4.69, 9.17) is 11.6 Å². The van der Waals surface area contributed by atoms with Crippen molar-refractivity contribution in [2.45, 2.75) is 146 Å². The van der Waals surface area contributed by atoms with E-state index < -0.39 is 0 Å². The average Bonchev–Trinajstić information content (AvgIpc) is 3.36. The first-order valence-electron chi connectivity index (χ1n) is 17.3. The third-order valence-corrected chi connectivity index (χ3v) is 11.3. The van der Waals surface area contributed by atoms with Crippen LogP contribution in [0.5, 0.6) is 0 Å². The summed E-state index contributed by atoms with van der Waals surface area (Å²) < 4.78 is 0. The first kappa shape index (κ1) is 32.6. The van der Waals surface area contributed by atoms with E-state index in [9.17, 15) is 9.59 Å². The molecule has 2 aliphatic heterocycles. The molecule has 0 radical (unpaired) electrons. The third-order valence-electron chi connectivity index (χ3n) is 11.0. The second-order valence-corrected chi connectivity index (χ2v) is 14.7. The van der Waals surface area contributed by atoms with Crippen molar-refractivity contribution in [1.29, 1.82) is 0 Å². The number of hydrogen-bond donors (Lipinski definition) is 1. The molecule has 2 saturated carbocycles. The largest absolute Gasteiger partial charge is 0.341 e. The molecular weight excluding hydrogens is 558 g/mol. The van der Waals surface area contributed by atoms with Gasteiger partial charge >= 0.3 is 6.03 Å². The van der Waals surface area contributed by atoms with Crippen LogP contribution in [0.1, 0.15) is 103 Å². The molecule has 0 aromatic heterocycles. The Morgan fingerprint density at radius 1 is 0.814 bits per heavy atom. The van der Waals surface area contributed by atoms with Crippen molar-refractivity contribution in [3.8, 4) is 0 Å². The molecule has 240 valence electrons. The second-order valence-electron chi connectivity index (χ2n) is 14.2. The molecule has 0 unspecified atom stereocenters. The zero-order chi connectivity index (χ0) is 30.5. The number of urea groups is 1. The lowest BCUT2D eigenvalue weighted by molar-refractivity contribution is -0.135. The predicted molar refractivity (Wildman–Crippen MR) is 176 cm³/mol. The van der Waals surface area contributed by atoms with Crippen LogP contribution in [0.4, 0.5) is 4.79 Å². The fourth-order valence-electron chi connectivity index (χ4n) is 8.38. The Morgan fingerprint density at radius 2 is 1.40 bits per heavy atom. The summed E-state index contributed by atoms with van der Waals surface area (Å²) in [6, 6.07) is 10.1. The molecule has 2 heterocycles. The Kier molecular flexibility index (Phi) is 11.3. The van der Waals surface area contributed by atoms with Crippen LogP contribution >= 0.6 is 11.6 Å². The highest BCUT2D eigenvalue weighted by Crippen LogP contribution is 2.33. The quantitative estimate of drug-likeness (QED) is 0.372. The van der Waals surface area contributed by atoms with Gasteiger partial charge in [-0.25, -0.2) is 4.79 Å². The maximum atomic E-state index is 14.2. The van der Waals surface area contributed by atoms with Crippen molar-refractivity contribution >= 4 is 23.5 Å². The van der Waals surface area contributed by atoms with Gasteiger partial charge in [-0.2, -0.15) is 0 Å². The summed E-state index contributed by atoms with van der Waals surface area (Å²) in [6.07, 6.45) is 15.1. The van der Waals surface area contributed by atoms with Crippen LogP contribution in [0.2, 0.25) is 5.02 Å². The summed E-state index contributed by atoms with van der Waals surface area (Å²) in [5, 5.41) is 4.53. The minimum absolute atomic E-state index is 0.209.